The van der Waals surface area contributed by atoms with Gasteiger partial charge in [0.05, 0.1) is 23.7 Å². The molecule has 1 saturated carbocycles. The molecule has 3 atom stereocenters. The molecule has 6 N–H and O–H groups in total. The number of furan rings is 1. The minimum absolute atomic E-state index is 0.0117. The maximum atomic E-state index is 13.3. The van der Waals surface area contributed by atoms with Crippen molar-refractivity contribution in [3.05, 3.63) is 60.1 Å². The predicted molar refractivity (Wildman–Crippen MR) is 130 cm³/mol. The molecule has 6 rings (SSSR count). The van der Waals surface area contributed by atoms with E-state index in [0.29, 0.717) is 35.8 Å². The predicted octanol–water partition coefficient (Wildman–Crippen LogP) is 2.54. The fraction of sp³-hybridized carbons (Fsp3) is 0.320. The van der Waals surface area contributed by atoms with Crippen LogP contribution in [-0.2, 0) is 0 Å². The normalized spacial score (nSPS) is 24.1. The van der Waals surface area contributed by atoms with Crippen molar-refractivity contribution in [1.29, 1.82) is 0 Å². The summed E-state index contributed by atoms with van der Waals surface area (Å²) >= 11 is 0. The first-order chi connectivity index (χ1) is 16.5. The van der Waals surface area contributed by atoms with E-state index in [-0.39, 0.29) is 23.4 Å². The van der Waals surface area contributed by atoms with Crippen LogP contribution in [0.5, 0.6) is 0 Å². The lowest BCUT2D eigenvalue weighted by Gasteiger charge is -2.42. The lowest BCUT2D eigenvalue weighted by atomic mass is 9.87. The fourth-order valence-corrected chi connectivity index (χ4v) is 4.97. The lowest BCUT2D eigenvalue weighted by Crippen LogP contribution is -2.57. The number of carbonyl (C=O) groups is 1. The number of aliphatic hydroxyl groups excluding tert-OH is 1. The number of allylic oxidation sites excluding steroid dienone is 4. The molecule has 0 spiro atoms. The number of aromatic nitrogens is 2. The van der Waals surface area contributed by atoms with Gasteiger partial charge in [-0.1, -0.05) is 18.2 Å². The number of rotatable bonds is 5. The van der Waals surface area contributed by atoms with Gasteiger partial charge in [0.15, 0.2) is 5.58 Å². The molecule has 0 radical (unpaired) electrons. The van der Waals surface area contributed by atoms with E-state index in [1.54, 1.807) is 18.6 Å². The number of nitrogens with zero attached hydrogens (tertiary/aromatic N) is 3. The molecule has 3 aromatic heterocycles. The smallest absolute Gasteiger partial charge is 0.263 e. The van der Waals surface area contributed by atoms with Crippen molar-refractivity contribution < 1.29 is 14.3 Å². The molecule has 1 aliphatic heterocycles. The number of fused-ring (bicyclic) bond motifs is 1. The number of aliphatic hydroxyl groups is 1. The summed E-state index contributed by atoms with van der Waals surface area (Å²) in [7, 11) is 0. The number of hydrogen-bond donors (Lipinski definition) is 4. The highest BCUT2D eigenvalue weighted by molar-refractivity contribution is 6.15. The third kappa shape index (κ3) is 3.53. The number of nitrogens with two attached hydrogens (primary N) is 2. The number of nitrogens with one attached hydrogen (secondary N) is 1. The van der Waals surface area contributed by atoms with Gasteiger partial charge in [0.25, 0.3) is 5.91 Å². The zero-order valence-corrected chi connectivity index (χ0v) is 18.5. The Bertz CT molecular complexity index is 1340. The monoisotopic (exact) mass is 458 g/mol. The van der Waals surface area contributed by atoms with Crippen LogP contribution in [0.25, 0.3) is 16.7 Å². The maximum absolute atomic E-state index is 13.3. The van der Waals surface area contributed by atoms with Crippen LogP contribution in [0.15, 0.2) is 53.4 Å². The molecule has 1 amide bonds. The second-order valence-corrected chi connectivity index (χ2v) is 9.30. The van der Waals surface area contributed by atoms with Crippen molar-refractivity contribution in [2.24, 2.45) is 17.6 Å². The zero-order valence-electron chi connectivity index (χ0n) is 18.5. The first kappa shape index (κ1) is 20.9. The van der Waals surface area contributed by atoms with E-state index in [0.717, 1.165) is 29.7 Å². The Morgan fingerprint density at radius 1 is 1.26 bits per heavy atom. The number of hydrogen-bond acceptors (Lipinski definition) is 8. The summed E-state index contributed by atoms with van der Waals surface area (Å²) in [5.74, 6) is 0.210. The van der Waals surface area contributed by atoms with Gasteiger partial charge < -0.3 is 31.2 Å². The van der Waals surface area contributed by atoms with Crippen LogP contribution in [0.4, 0.5) is 17.3 Å². The summed E-state index contributed by atoms with van der Waals surface area (Å²) in [6.07, 6.45) is 12.6. The van der Waals surface area contributed by atoms with Gasteiger partial charge in [-0.05, 0) is 36.5 Å². The third-order valence-corrected chi connectivity index (χ3v) is 7.02. The number of nitrogen functional groups attached to an aromatic ring is 1. The molecule has 2 fully saturated rings. The highest BCUT2D eigenvalue weighted by Crippen LogP contribution is 2.42. The second kappa shape index (κ2) is 7.96. The van der Waals surface area contributed by atoms with Crippen molar-refractivity contribution >= 4 is 39.8 Å². The molecule has 9 nitrogen and oxygen atoms in total. The van der Waals surface area contributed by atoms with E-state index in [1.807, 2.05) is 30.4 Å². The van der Waals surface area contributed by atoms with Gasteiger partial charge in [0, 0.05) is 43.0 Å². The minimum atomic E-state index is -0.511. The average Bonchev–Trinajstić information content (AvgIpc) is 3.56. The lowest BCUT2D eigenvalue weighted by molar-refractivity contribution is 0.0594. The van der Waals surface area contributed by atoms with E-state index >= 15 is 0 Å². The topological polar surface area (TPSA) is 144 Å². The molecule has 2 aliphatic carbocycles. The second-order valence-electron chi connectivity index (χ2n) is 9.30. The van der Waals surface area contributed by atoms with Crippen molar-refractivity contribution in [2.45, 2.75) is 25.0 Å². The number of piperidine rings is 1. The Labute approximate surface area is 196 Å². The van der Waals surface area contributed by atoms with Crippen LogP contribution in [0.2, 0.25) is 0 Å². The maximum Gasteiger partial charge on any atom is 0.263 e. The van der Waals surface area contributed by atoms with Gasteiger partial charge in [-0.25, -0.2) is 0 Å². The zero-order chi connectivity index (χ0) is 23.4. The number of pyridine rings is 2. The molecule has 0 aromatic carbocycles. The number of carbonyl (C=O) groups excluding carboxylic acids is 1. The summed E-state index contributed by atoms with van der Waals surface area (Å²) in [4.78, 5) is 24.1. The summed E-state index contributed by atoms with van der Waals surface area (Å²) in [5.41, 5.74) is 16.7. The van der Waals surface area contributed by atoms with Gasteiger partial charge in [-0.3, -0.25) is 14.8 Å². The van der Waals surface area contributed by atoms with Gasteiger partial charge in [0.1, 0.15) is 11.1 Å². The van der Waals surface area contributed by atoms with Crippen LogP contribution in [0.3, 0.4) is 0 Å². The van der Waals surface area contributed by atoms with E-state index in [9.17, 15) is 9.90 Å². The first-order valence-corrected chi connectivity index (χ1v) is 11.5. The Kier molecular flexibility index (Phi) is 4.89. The Morgan fingerprint density at radius 3 is 2.82 bits per heavy atom. The van der Waals surface area contributed by atoms with Crippen molar-refractivity contribution in [3.63, 3.8) is 0 Å². The van der Waals surface area contributed by atoms with Crippen molar-refractivity contribution in [3.8, 4) is 0 Å². The first-order valence-electron chi connectivity index (χ1n) is 11.5. The van der Waals surface area contributed by atoms with Crippen LogP contribution in [-0.4, -0.2) is 46.2 Å². The Hall–Kier alpha value is -3.69. The van der Waals surface area contributed by atoms with E-state index in [4.69, 9.17) is 15.9 Å². The average molecular weight is 459 g/mol. The molecule has 34 heavy (non-hydrogen) atoms. The molecular formula is C25H26N6O3. The Morgan fingerprint density at radius 2 is 2.09 bits per heavy atom. The van der Waals surface area contributed by atoms with Gasteiger partial charge in [0.2, 0.25) is 5.88 Å². The van der Waals surface area contributed by atoms with Gasteiger partial charge in [-0.2, -0.15) is 0 Å². The molecule has 0 unspecified atom stereocenters. The summed E-state index contributed by atoms with van der Waals surface area (Å²) in [5, 5.41) is 13.5. The molecule has 174 valence electrons. The SMILES string of the molecule is Nc1oc2cc(C3=CC=C3)cnc2c1C(=O)Nc1cnccc1N1C[C@@H](N)[C@H](O)[C@@H](C2CC2)C1. The van der Waals surface area contributed by atoms with E-state index in [2.05, 4.69) is 20.2 Å². The molecule has 9 heteroatoms. The van der Waals surface area contributed by atoms with Crippen LogP contribution in [0.1, 0.15) is 28.8 Å². The largest absolute Gasteiger partial charge is 0.438 e. The van der Waals surface area contributed by atoms with E-state index in [1.165, 1.54) is 0 Å². The molecule has 3 aromatic rings. The van der Waals surface area contributed by atoms with Gasteiger partial charge in [-0.15, -0.1) is 0 Å². The highest BCUT2D eigenvalue weighted by atomic mass is 16.3. The van der Waals surface area contributed by atoms with Crippen molar-refractivity contribution in [2.75, 3.05) is 29.0 Å². The van der Waals surface area contributed by atoms with Crippen LogP contribution in [0, 0.1) is 11.8 Å². The fourth-order valence-electron chi connectivity index (χ4n) is 4.97. The molecule has 1 saturated heterocycles. The quantitative estimate of drug-likeness (QED) is 0.457. The van der Waals surface area contributed by atoms with Crippen LogP contribution >= 0.6 is 0 Å². The molecule has 3 aliphatic rings. The summed E-state index contributed by atoms with van der Waals surface area (Å²) in [6.45, 7) is 1.17. The van der Waals surface area contributed by atoms with Gasteiger partial charge >= 0.3 is 0 Å². The molecule has 0 bridgehead atoms. The number of anilines is 3. The number of amides is 1. The molecule has 4 heterocycles. The molecular weight excluding hydrogens is 432 g/mol. The van der Waals surface area contributed by atoms with Crippen molar-refractivity contribution in [1.82, 2.24) is 9.97 Å². The third-order valence-electron chi connectivity index (χ3n) is 7.02. The van der Waals surface area contributed by atoms with E-state index < -0.39 is 12.0 Å². The standard InChI is InChI=1S/C25H26N6O3/c26-17-12-31(11-16(23(17)32)14-4-5-14)19-6-7-28-10-18(19)30-25(33)21-22-20(34-24(21)27)8-15(9-29-22)13-2-1-3-13/h1-3,6-10,14,16-17,23,32H,4-5,11-12,26-27H2,(H,30,33)/t16-,17-,23-/m1/s1. The summed E-state index contributed by atoms with van der Waals surface area (Å²) < 4.78 is 5.67. The van der Waals surface area contributed by atoms with Crippen LogP contribution < -0.4 is 21.7 Å². The summed E-state index contributed by atoms with van der Waals surface area (Å²) in [6, 6.07) is 3.33. The minimum Gasteiger partial charge on any atom is -0.438 e. The highest BCUT2D eigenvalue weighted by Gasteiger charge is 2.43. The Balaban J connectivity index is 1.28.